The van der Waals surface area contributed by atoms with Crippen LogP contribution in [0.1, 0.15) is 12.6 Å². The van der Waals surface area contributed by atoms with E-state index in [1.54, 1.807) is 14.1 Å². The molecule has 0 saturated carbocycles. The molecule has 4 heterocycles. The van der Waals surface area contributed by atoms with Crippen LogP contribution in [0, 0.1) is 0 Å². The lowest BCUT2D eigenvalue weighted by atomic mass is 10.1. The number of imidazole rings is 1. The van der Waals surface area contributed by atoms with Gasteiger partial charge in [0.25, 0.3) is 0 Å². The molecule has 12 nitrogen and oxygen atoms in total. The molecule has 2 fully saturated rings. The monoisotopic (exact) mass is 408 g/mol. The minimum Gasteiger partial charge on any atom is -0.447 e. The Labute approximate surface area is 166 Å². The summed E-state index contributed by atoms with van der Waals surface area (Å²) < 4.78 is 17.7. The van der Waals surface area contributed by atoms with Crippen molar-refractivity contribution in [2.24, 2.45) is 0 Å². The fourth-order valence-corrected chi connectivity index (χ4v) is 3.36. The van der Waals surface area contributed by atoms with E-state index in [1.165, 1.54) is 22.1 Å². The summed E-state index contributed by atoms with van der Waals surface area (Å²) in [6.45, 7) is 1.10. The smallest absolute Gasteiger partial charge is 0.409 e. The van der Waals surface area contributed by atoms with E-state index in [2.05, 4.69) is 20.3 Å². The molecule has 2 aromatic rings. The van der Waals surface area contributed by atoms with Crippen molar-refractivity contribution in [3.63, 3.8) is 0 Å². The van der Waals surface area contributed by atoms with E-state index in [1.807, 2.05) is 0 Å². The average molecular weight is 408 g/mol. The van der Waals surface area contributed by atoms with Gasteiger partial charge >= 0.3 is 6.09 Å². The second-order valence-corrected chi connectivity index (χ2v) is 7.27. The molecule has 2 aliphatic rings. The number of hydrogen-bond donors (Lipinski definition) is 3. The van der Waals surface area contributed by atoms with Crippen LogP contribution in [0.3, 0.4) is 0 Å². The second kappa shape index (κ2) is 8.06. The summed E-state index contributed by atoms with van der Waals surface area (Å²) in [4.78, 5) is 25.7. The Morgan fingerprint density at radius 1 is 1.34 bits per heavy atom. The topological polar surface area (TPSA) is 144 Å². The molecule has 0 spiro atoms. The first-order valence-electron chi connectivity index (χ1n) is 9.33. The molecule has 1 amide bonds. The number of aromatic nitrogens is 4. The summed E-state index contributed by atoms with van der Waals surface area (Å²) >= 11 is 0. The summed E-state index contributed by atoms with van der Waals surface area (Å²) in [6.07, 6.45) is -1.12. The number of aliphatic hydroxyl groups excluding tert-OH is 2. The van der Waals surface area contributed by atoms with Crippen molar-refractivity contribution < 1.29 is 29.2 Å². The largest absolute Gasteiger partial charge is 0.447 e. The Balaban J connectivity index is 1.52. The molecule has 3 N–H and O–H groups in total. The van der Waals surface area contributed by atoms with Crippen molar-refractivity contribution in [2.75, 3.05) is 39.2 Å². The predicted octanol–water partition coefficient (Wildman–Crippen LogP) is -0.655. The number of ether oxygens (including phenoxy) is 3. The van der Waals surface area contributed by atoms with Crippen LogP contribution in [0.4, 0.5) is 10.6 Å². The fourth-order valence-electron chi connectivity index (χ4n) is 3.36. The molecule has 12 heteroatoms. The van der Waals surface area contributed by atoms with Crippen LogP contribution in [-0.2, 0) is 14.2 Å². The first kappa shape index (κ1) is 19.8. The Hall–Kier alpha value is -2.54. The van der Waals surface area contributed by atoms with E-state index in [0.717, 1.165) is 6.42 Å². The summed E-state index contributed by atoms with van der Waals surface area (Å²) in [6, 6.07) is 0.143. The second-order valence-electron chi connectivity index (χ2n) is 7.27. The van der Waals surface area contributed by atoms with Gasteiger partial charge in [-0.25, -0.2) is 19.7 Å². The highest BCUT2D eigenvalue weighted by atomic mass is 16.6. The maximum absolute atomic E-state index is 11.6. The fraction of sp³-hybridized carbons (Fsp3) is 0.647. The van der Waals surface area contributed by atoms with Crippen molar-refractivity contribution in [1.29, 1.82) is 0 Å². The number of hydrogen-bond acceptors (Lipinski definition) is 10. The number of nitrogens with zero attached hydrogens (tertiary/aromatic N) is 5. The number of aliphatic hydroxyl groups is 2. The Bertz CT molecular complexity index is 869. The molecular formula is C17H24N6O6. The van der Waals surface area contributed by atoms with Gasteiger partial charge in [0.1, 0.15) is 31.2 Å². The SMILES string of the molecule is CN(C)C(=O)OC[C@H]1OC(n2cnc3c(NC4CCOC4)ncnc32)[C@H](O)[C@@H]1O. The highest BCUT2D eigenvalue weighted by Crippen LogP contribution is 2.32. The van der Waals surface area contributed by atoms with Crippen molar-refractivity contribution in [3.05, 3.63) is 12.7 Å². The van der Waals surface area contributed by atoms with Crippen LogP contribution in [0.15, 0.2) is 12.7 Å². The first-order chi connectivity index (χ1) is 14.0. The highest BCUT2D eigenvalue weighted by Gasteiger charge is 2.45. The third-order valence-corrected chi connectivity index (χ3v) is 4.98. The molecule has 2 aliphatic heterocycles. The Morgan fingerprint density at radius 3 is 2.90 bits per heavy atom. The van der Waals surface area contributed by atoms with Crippen molar-refractivity contribution in [2.45, 2.75) is 37.0 Å². The zero-order valence-electron chi connectivity index (χ0n) is 16.1. The summed E-state index contributed by atoms with van der Waals surface area (Å²) in [5.74, 6) is 0.564. The molecular weight excluding hydrogens is 384 g/mol. The number of fused-ring (bicyclic) bond motifs is 1. The standard InChI is InChI=1S/C17H24N6O6/c1-22(2)17(26)28-6-10-12(24)13(25)16(29-10)23-8-20-11-14(18-7-19-15(11)23)21-9-3-4-27-5-9/h7-10,12-13,16,24-25H,3-6H2,1-2H3,(H,18,19,21)/t9?,10-,12-,13-,16?/m1/s1. The lowest BCUT2D eigenvalue weighted by Gasteiger charge is -2.17. The number of carbonyl (C=O) groups excluding carboxylic acids is 1. The van der Waals surface area contributed by atoms with Crippen LogP contribution in [0.25, 0.3) is 11.2 Å². The van der Waals surface area contributed by atoms with Gasteiger partial charge in [-0.05, 0) is 6.42 Å². The van der Waals surface area contributed by atoms with Crippen molar-refractivity contribution in [1.82, 2.24) is 24.4 Å². The minimum atomic E-state index is -1.25. The zero-order chi connectivity index (χ0) is 20.5. The van der Waals surface area contributed by atoms with Crippen LogP contribution in [0.5, 0.6) is 0 Å². The molecule has 0 radical (unpaired) electrons. The van der Waals surface area contributed by atoms with Crippen molar-refractivity contribution in [3.8, 4) is 0 Å². The van der Waals surface area contributed by atoms with Gasteiger partial charge in [-0.2, -0.15) is 0 Å². The van der Waals surface area contributed by atoms with E-state index in [0.29, 0.717) is 30.2 Å². The van der Waals surface area contributed by atoms with Gasteiger partial charge in [0.05, 0.1) is 19.0 Å². The molecule has 5 atom stereocenters. The van der Waals surface area contributed by atoms with Crippen LogP contribution >= 0.6 is 0 Å². The molecule has 0 bridgehead atoms. The van der Waals surface area contributed by atoms with Gasteiger partial charge in [0, 0.05) is 20.7 Å². The normalized spacial score (nSPS) is 29.3. The van der Waals surface area contributed by atoms with E-state index in [4.69, 9.17) is 14.2 Å². The number of amides is 1. The van der Waals surface area contributed by atoms with Crippen LogP contribution in [-0.4, -0.2) is 99.0 Å². The maximum Gasteiger partial charge on any atom is 0.409 e. The summed E-state index contributed by atoms with van der Waals surface area (Å²) in [7, 11) is 3.10. The summed E-state index contributed by atoms with van der Waals surface area (Å²) in [5.41, 5.74) is 0.968. The third-order valence-electron chi connectivity index (χ3n) is 4.98. The van der Waals surface area contributed by atoms with Crippen LogP contribution in [0.2, 0.25) is 0 Å². The van der Waals surface area contributed by atoms with Gasteiger partial charge in [-0.3, -0.25) is 4.57 Å². The van der Waals surface area contributed by atoms with Gasteiger partial charge in [0.2, 0.25) is 0 Å². The van der Waals surface area contributed by atoms with Gasteiger partial charge < -0.3 is 34.6 Å². The van der Waals surface area contributed by atoms with Crippen LogP contribution < -0.4 is 5.32 Å². The zero-order valence-corrected chi connectivity index (χ0v) is 16.1. The molecule has 0 aliphatic carbocycles. The Kier molecular flexibility index (Phi) is 5.50. The molecule has 0 aromatic carbocycles. The minimum absolute atomic E-state index is 0.143. The van der Waals surface area contributed by atoms with Gasteiger partial charge in [-0.1, -0.05) is 0 Å². The molecule has 2 unspecified atom stereocenters. The summed E-state index contributed by atoms with van der Waals surface area (Å²) in [5, 5.41) is 24.1. The van der Waals surface area contributed by atoms with E-state index in [-0.39, 0.29) is 12.6 Å². The van der Waals surface area contributed by atoms with Crippen molar-refractivity contribution >= 4 is 23.1 Å². The number of nitrogens with one attached hydrogen (secondary N) is 1. The first-order valence-corrected chi connectivity index (χ1v) is 9.33. The lowest BCUT2D eigenvalue weighted by Crippen LogP contribution is -2.35. The number of anilines is 1. The third kappa shape index (κ3) is 3.83. The van der Waals surface area contributed by atoms with Gasteiger partial charge in [0.15, 0.2) is 23.2 Å². The average Bonchev–Trinajstić information content (AvgIpc) is 3.42. The molecule has 4 rings (SSSR count). The van der Waals surface area contributed by atoms with E-state index >= 15 is 0 Å². The molecule has 158 valence electrons. The van der Waals surface area contributed by atoms with E-state index in [9.17, 15) is 15.0 Å². The quantitative estimate of drug-likeness (QED) is 0.583. The predicted molar refractivity (Wildman–Crippen MR) is 99.1 cm³/mol. The molecule has 2 saturated heterocycles. The molecule has 29 heavy (non-hydrogen) atoms. The van der Waals surface area contributed by atoms with Gasteiger partial charge in [-0.15, -0.1) is 0 Å². The lowest BCUT2D eigenvalue weighted by molar-refractivity contribution is -0.0552. The van der Waals surface area contributed by atoms with E-state index < -0.39 is 30.6 Å². The number of rotatable bonds is 5. The maximum atomic E-state index is 11.6. The highest BCUT2D eigenvalue weighted by molar-refractivity contribution is 5.82. The Morgan fingerprint density at radius 2 is 2.17 bits per heavy atom. The number of carbonyl (C=O) groups is 1. The molecule has 2 aromatic heterocycles.